The van der Waals surface area contributed by atoms with Crippen LogP contribution in [0, 0.1) is 13.8 Å². The van der Waals surface area contributed by atoms with Gasteiger partial charge in [-0.3, -0.25) is 4.79 Å². The molecule has 158 valence electrons. The van der Waals surface area contributed by atoms with Crippen molar-refractivity contribution < 1.29 is 4.79 Å². The number of amides is 1. The van der Waals surface area contributed by atoms with E-state index in [0.717, 1.165) is 41.3 Å². The number of aryl methyl sites for hydroxylation is 2. The highest BCUT2D eigenvalue weighted by molar-refractivity contribution is 5.80. The summed E-state index contributed by atoms with van der Waals surface area (Å²) in [6.45, 7) is 7.03. The molecule has 9 heteroatoms. The van der Waals surface area contributed by atoms with Gasteiger partial charge in [0.1, 0.15) is 6.54 Å². The number of rotatable bonds is 4. The molecule has 4 aromatic rings. The molecule has 1 aromatic carbocycles. The number of hydrogen-bond donors (Lipinski definition) is 0. The van der Waals surface area contributed by atoms with Gasteiger partial charge in [-0.2, -0.15) is 5.10 Å². The van der Waals surface area contributed by atoms with Crippen LogP contribution in [0.5, 0.6) is 0 Å². The Morgan fingerprint density at radius 2 is 1.71 bits per heavy atom. The van der Waals surface area contributed by atoms with Crippen molar-refractivity contribution in [2.75, 3.05) is 31.1 Å². The highest BCUT2D eigenvalue weighted by atomic mass is 16.2. The first-order valence-corrected chi connectivity index (χ1v) is 10.4. The van der Waals surface area contributed by atoms with Crippen molar-refractivity contribution in [3.8, 4) is 5.82 Å². The van der Waals surface area contributed by atoms with E-state index in [1.54, 1.807) is 11.0 Å². The van der Waals surface area contributed by atoms with Crippen LogP contribution in [-0.4, -0.2) is 66.5 Å². The van der Waals surface area contributed by atoms with Gasteiger partial charge in [-0.15, -0.1) is 10.2 Å². The monoisotopic (exact) mass is 416 g/mol. The molecule has 4 heterocycles. The fourth-order valence-electron chi connectivity index (χ4n) is 4.03. The Kier molecular flexibility index (Phi) is 4.85. The molecule has 1 saturated heterocycles. The minimum atomic E-state index is 0.105. The molecule has 0 aliphatic carbocycles. The first kappa shape index (κ1) is 19.2. The lowest BCUT2D eigenvalue weighted by atomic mass is 10.3. The topological polar surface area (TPSA) is 85.0 Å². The highest BCUT2D eigenvalue weighted by Crippen LogP contribution is 2.17. The smallest absolute Gasteiger partial charge is 0.242 e. The molecule has 0 atom stereocenters. The van der Waals surface area contributed by atoms with E-state index in [1.165, 1.54) is 0 Å². The van der Waals surface area contributed by atoms with Crippen molar-refractivity contribution in [3.63, 3.8) is 0 Å². The number of imidazole rings is 1. The van der Waals surface area contributed by atoms with Crippen LogP contribution < -0.4 is 4.90 Å². The van der Waals surface area contributed by atoms with Gasteiger partial charge in [-0.25, -0.2) is 9.67 Å². The standard InChI is InChI=1S/C22H24N8O/c1-16-13-17(2)30(26-16)21-8-7-20(24-25-21)27-9-11-28(12-10-27)22(31)14-29-15-23-18-5-3-4-6-19(18)29/h3-8,13,15H,9-12,14H2,1-2H3. The minimum Gasteiger partial charge on any atom is -0.352 e. The predicted molar refractivity (Wildman–Crippen MR) is 117 cm³/mol. The summed E-state index contributed by atoms with van der Waals surface area (Å²) in [6, 6.07) is 13.8. The number of piperazine rings is 1. The lowest BCUT2D eigenvalue weighted by Gasteiger charge is -2.35. The van der Waals surface area contributed by atoms with E-state index in [1.807, 2.05) is 65.8 Å². The molecule has 0 saturated carbocycles. The molecule has 1 amide bonds. The summed E-state index contributed by atoms with van der Waals surface area (Å²) >= 11 is 0. The lowest BCUT2D eigenvalue weighted by Crippen LogP contribution is -2.49. The molecule has 31 heavy (non-hydrogen) atoms. The minimum absolute atomic E-state index is 0.105. The zero-order chi connectivity index (χ0) is 21.4. The summed E-state index contributed by atoms with van der Waals surface area (Å²) in [7, 11) is 0. The molecule has 0 unspecified atom stereocenters. The Labute approximate surface area is 179 Å². The number of carbonyl (C=O) groups is 1. The second kappa shape index (κ2) is 7.82. The second-order valence-electron chi connectivity index (χ2n) is 7.82. The predicted octanol–water partition coefficient (Wildman–Crippen LogP) is 1.98. The highest BCUT2D eigenvalue weighted by Gasteiger charge is 2.23. The second-order valence-corrected chi connectivity index (χ2v) is 7.82. The third kappa shape index (κ3) is 3.74. The number of hydrogen-bond acceptors (Lipinski definition) is 6. The average Bonchev–Trinajstić information content (AvgIpc) is 3.36. The Bertz CT molecular complexity index is 1220. The molecule has 9 nitrogen and oxygen atoms in total. The zero-order valence-electron chi connectivity index (χ0n) is 17.6. The maximum absolute atomic E-state index is 12.8. The molecule has 0 radical (unpaired) electrons. The number of benzene rings is 1. The van der Waals surface area contributed by atoms with Crippen molar-refractivity contribution in [2.45, 2.75) is 20.4 Å². The van der Waals surface area contributed by atoms with E-state index in [4.69, 9.17) is 0 Å². The van der Waals surface area contributed by atoms with Crippen LogP contribution >= 0.6 is 0 Å². The van der Waals surface area contributed by atoms with Gasteiger partial charge < -0.3 is 14.4 Å². The lowest BCUT2D eigenvalue weighted by molar-refractivity contribution is -0.132. The van der Waals surface area contributed by atoms with Crippen LogP contribution in [0.2, 0.25) is 0 Å². The number of nitrogens with zero attached hydrogens (tertiary/aromatic N) is 8. The van der Waals surface area contributed by atoms with Crippen molar-refractivity contribution in [2.24, 2.45) is 0 Å². The summed E-state index contributed by atoms with van der Waals surface area (Å²) in [5, 5.41) is 13.2. The van der Waals surface area contributed by atoms with Gasteiger partial charge in [-0.05, 0) is 44.2 Å². The first-order valence-electron chi connectivity index (χ1n) is 10.4. The molecule has 1 aliphatic rings. The molecule has 1 aliphatic heterocycles. The van der Waals surface area contributed by atoms with Gasteiger partial charge in [0.2, 0.25) is 5.91 Å². The maximum atomic E-state index is 12.8. The van der Waals surface area contributed by atoms with E-state index in [9.17, 15) is 4.79 Å². The van der Waals surface area contributed by atoms with Crippen molar-refractivity contribution in [3.05, 3.63) is 60.2 Å². The van der Waals surface area contributed by atoms with Crippen LogP contribution in [-0.2, 0) is 11.3 Å². The first-order chi connectivity index (χ1) is 15.1. The number of para-hydroxylation sites is 2. The summed E-state index contributed by atoms with van der Waals surface area (Å²) in [5.41, 5.74) is 3.86. The van der Waals surface area contributed by atoms with E-state index < -0.39 is 0 Å². The SMILES string of the molecule is Cc1cc(C)n(-c2ccc(N3CCN(C(=O)Cn4cnc5ccccc54)CC3)nn2)n1. The van der Waals surface area contributed by atoms with Crippen LogP contribution in [0.15, 0.2) is 48.8 Å². The number of fused-ring (bicyclic) bond motifs is 1. The third-order valence-electron chi connectivity index (χ3n) is 5.65. The molecule has 5 rings (SSSR count). The quantitative estimate of drug-likeness (QED) is 0.506. The molecule has 3 aromatic heterocycles. The van der Waals surface area contributed by atoms with Gasteiger partial charge in [0.05, 0.1) is 23.1 Å². The van der Waals surface area contributed by atoms with Crippen LogP contribution in [0.4, 0.5) is 5.82 Å². The van der Waals surface area contributed by atoms with E-state index in [2.05, 4.69) is 25.2 Å². The fraction of sp³-hybridized carbons (Fsp3) is 0.318. The van der Waals surface area contributed by atoms with Crippen molar-refractivity contribution >= 4 is 22.8 Å². The summed E-state index contributed by atoms with van der Waals surface area (Å²) in [5.74, 6) is 1.63. The van der Waals surface area contributed by atoms with Crippen LogP contribution in [0.1, 0.15) is 11.4 Å². The molecule has 0 bridgehead atoms. The largest absolute Gasteiger partial charge is 0.352 e. The number of aromatic nitrogens is 6. The Morgan fingerprint density at radius 3 is 2.42 bits per heavy atom. The summed E-state index contributed by atoms with van der Waals surface area (Å²) < 4.78 is 3.70. The Balaban J connectivity index is 1.21. The molecular weight excluding hydrogens is 392 g/mol. The fourth-order valence-corrected chi connectivity index (χ4v) is 4.03. The van der Waals surface area contributed by atoms with Crippen molar-refractivity contribution in [1.29, 1.82) is 0 Å². The molecule has 0 spiro atoms. The Morgan fingerprint density at radius 1 is 0.968 bits per heavy atom. The molecule has 0 N–H and O–H groups in total. The van der Waals surface area contributed by atoms with Crippen LogP contribution in [0.3, 0.4) is 0 Å². The van der Waals surface area contributed by atoms with Gasteiger partial charge in [0.25, 0.3) is 0 Å². The molecule has 1 fully saturated rings. The summed E-state index contributed by atoms with van der Waals surface area (Å²) in [4.78, 5) is 21.2. The van der Waals surface area contributed by atoms with Gasteiger partial charge in [0, 0.05) is 31.9 Å². The number of anilines is 1. The average molecular weight is 416 g/mol. The van der Waals surface area contributed by atoms with E-state index in [-0.39, 0.29) is 5.91 Å². The van der Waals surface area contributed by atoms with E-state index in [0.29, 0.717) is 25.5 Å². The molecular formula is C22H24N8O. The van der Waals surface area contributed by atoms with Gasteiger partial charge >= 0.3 is 0 Å². The third-order valence-corrected chi connectivity index (χ3v) is 5.65. The van der Waals surface area contributed by atoms with Crippen molar-refractivity contribution in [1.82, 2.24) is 34.4 Å². The van der Waals surface area contributed by atoms with E-state index >= 15 is 0 Å². The number of carbonyl (C=O) groups excluding carboxylic acids is 1. The van der Waals surface area contributed by atoms with Gasteiger partial charge in [-0.1, -0.05) is 12.1 Å². The maximum Gasteiger partial charge on any atom is 0.242 e. The normalized spacial score (nSPS) is 14.4. The Hall–Kier alpha value is -3.75. The zero-order valence-corrected chi connectivity index (χ0v) is 17.6. The summed E-state index contributed by atoms with van der Waals surface area (Å²) in [6.07, 6.45) is 1.73. The van der Waals surface area contributed by atoms with Crippen LogP contribution in [0.25, 0.3) is 16.9 Å². The van der Waals surface area contributed by atoms with Gasteiger partial charge in [0.15, 0.2) is 11.6 Å².